The molecule has 0 fully saturated rings. The molecule has 90 valence electrons. The van der Waals surface area contributed by atoms with Crippen molar-refractivity contribution in [2.75, 3.05) is 6.61 Å². The van der Waals surface area contributed by atoms with Crippen LogP contribution in [0.2, 0.25) is 0 Å². The molecule has 2 N–H and O–H groups in total. The summed E-state index contributed by atoms with van der Waals surface area (Å²) in [7, 11) is 0. The highest BCUT2D eigenvalue weighted by atomic mass is 32.1. The SMILES string of the molecule is CCC(CCO)NC1CCCc2sccc21. The lowest BCUT2D eigenvalue weighted by Crippen LogP contribution is -2.34. The van der Waals surface area contributed by atoms with Crippen LogP contribution in [0, 0.1) is 0 Å². The average molecular weight is 239 g/mol. The van der Waals surface area contributed by atoms with Crippen molar-refractivity contribution in [3.8, 4) is 0 Å². The first-order valence-electron chi connectivity index (χ1n) is 6.28. The Labute approximate surface area is 102 Å². The van der Waals surface area contributed by atoms with Gasteiger partial charge in [-0.3, -0.25) is 0 Å². The molecule has 1 aliphatic rings. The number of nitrogens with one attached hydrogen (secondary N) is 1. The zero-order valence-corrected chi connectivity index (χ0v) is 10.7. The smallest absolute Gasteiger partial charge is 0.0445 e. The first-order chi connectivity index (χ1) is 7.85. The molecule has 1 heterocycles. The summed E-state index contributed by atoms with van der Waals surface area (Å²) in [5.41, 5.74) is 1.51. The zero-order valence-electron chi connectivity index (χ0n) is 9.91. The van der Waals surface area contributed by atoms with Gasteiger partial charge in [0.05, 0.1) is 0 Å². The van der Waals surface area contributed by atoms with Gasteiger partial charge in [0, 0.05) is 23.6 Å². The third kappa shape index (κ3) is 2.65. The summed E-state index contributed by atoms with van der Waals surface area (Å²) in [6.45, 7) is 2.47. The first kappa shape index (κ1) is 12.1. The van der Waals surface area contributed by atoms with Gasteiger partial charge in [-0.15, -0.1) is 11.3 Å². The topological polar surface area (TPSA) is 32.3 Å². The molecule has 0 spiro atoms. The molecule has 0 saturated heterocycles. The van der Waals surface area contributed by atoms with E-state index in [0.717, 1.165) is 12.8 Å². The minimum Gasteiger partial charge on any atom is -0.396 e. The fourth-order valence-electron chi connectivity index (χ4n) is 2.51. The third-order valence-corrected chi connectivity index (χ3v) is 4.46. The van der Waals surface area contributed by atoms with Gasteiger partial charge in [-0.05, 0) is 49.1 Å². The van der Waals surface area contributed by atoms with Gasteiger partial charge in [0.25, 0.3) is 0 Å². The molecule has 0 amide bonds. The van der Waals surface area contributed by atoms with E-state index in [1.165, 1.54) is 24.8 Å². The van der Waals surface area contributed by atoms with Gasteiger partial charge >= 0.3 is 0 Å². The van der Waals surface area contributed by atoms with E-state index in [2.05, 4.69) is 23.7 Å². The number of aliphatic hydroxyl groups excluding tert-OH is 1. The molecule has 16 heavy (non-hydrogen) atoms. The Morgan fingerprint density at radius 2 is 2.50 bits per heavy atom. The highest BCUT2D eigenvalue weighted by molar-refractivity contribution is 7.10. The molecular formula is C13H21NOS. The summed E-state index contributed by atoms with van der Waals surface area (Å²) in [4.78, 5) is 1.56. The minimum absolute atomic E-state index is 0.286. The zero-order chi connectivity index (χ0) is 11.4. The Morgan fingerprint density at radius 1 is 1.62 bits per heavy atom. The number of thiophene rings is 1. The number of hydrogen-bond donors (Lipinski definition) is 2. The molecule has 2 rings (SSSR count). The van der Waals surface area contributed by atoms with Crippen molar-refractivity contribution in [2.24, 2.45) is 0 Å². The van der Waals surface area contributed by atoms with Gasteiger partial charge in [0.1, 0.15) is 0 Å². The molecule has 0 bridgehead atoms. The number of aliphatic hydroxyl groups is 1. The Hall–Kier alpha value is -0.380. The lowest BCUT2D eigenvalue weighted by Gasteiger charge is -2.28. The maximum Gasteiger partial charge on any atom is 0.0445 e. The van der Waals surface area contributed by atoms with Crippen molar-refractivity contribution in [2.45, 2.75) is 51.1 Å². The van der Waals surface area contributed by atoms with Gasteiger partial charge in [-0.2, -0.15) is 0 Å². The average Bonchev–Trinajstić information content (AvgIpc) is 2.77. The van der Waals surface area contributed by atoms with Crippen LogP contribution in [0.3, 0.4) is 0 Å². The van der Waals surface area contributed by atoms with E-state index in [0.29, 0.717) is 12.1 Å². The third-order valence-electron chi connectivity index (χ3n) is 3.46. The van der Waals surface area contributed by atoms with Crippen molar-refractivity contribution >= 4 is 11.3 Å². The van der Waals surface area contributed by atoms with Crippen molar-refractivity contribution in [3.63, 3.8) is 0 Å². The molecule has 0 aliphatic heterocycles. The minimum atomic E-state index is 0.286. The summed E-state index contributed by atoms with van der Waals surface area (Å²) < 4.78 is 0. The highest BCUT2D eigenvalue weighted by Gasteiger charge is 2.22. The molecule has 3 heteroatoms. The molecule has 1 aromatic heterocycles. The maximum absolute atomic E-state index is 9.01. The normalized spacial score (nSPS) is 21.8. The first-order valence-corrected chi connectivity index (χ1v) is 7.16. The van der Waals surface area contributed by atoms with Crippen LogP contribution >= 0.6 is 11.3 Å². The predicted octanol–water partition coefficient (Wildman–Crippen LogP) is 2.88. The van der Waals surface area contributed by atoms with Gasteiger partial charge in [0.15, 0.2) is 0 Å². The van der Waals surface area contributed by atoms with Crippen LogP contribution in [0.25, 0.3) is 0 Å². The van der Waals surface area contributed by atoms with E-state index < -0.39 is 0 Å². The summed E-state index contributed by atoms with van der Waals surface area (Å²) in [6.07, 6.45) is 5.75. The molecule has 2 unspecified atom stereocenters. The molecule has 1 aromatic rings. The van der Waals surface area contributed by atoms with Crippen LogP contribution in [0.15, 0.2) is 11.4 Å². The second-order valence-electron chi connectivity index (χ2n) is 4.53. The number of rotatable bonds is 5. The largest absolute Gasteiger partial charge is 0.396 e. The summed E-state index contributed by atoms with van der Waals surface area (Å²) in [5, 5.41) is 14.9. The second-order valence-corrected chi connectivity index (χ2v) is 5.53. The molecule has 0 saturated carbocycles. The summed E-state index contributed by atoms with van der Waals surface area (Å²) in [6, 6.07) is 3.25. The Bertz CT molecular complexity index is 323. The number of hydrogen-bond acceptors (Lipinski definition) is 3. The van der Waals surface area contributed by atoms with Crippen LogP contribution in [0.5, 0.6) is 0 Å². The van der Waals surface area contributed by atoms with E-state index in [1.807, 2.05) is 11.3 Å². The fraction of sp³-hybridized carbons (Fsp3) is 0.692. The monoisotopic (exact) mass is 239 g/mol. The van der Waals surface area contributed by atoms with Crippen LogP contribution in [-0.4, -0.2) is 17.8 Å². The van der Waals surface area contributed by atoms with Crippen molar-refractivity contribution in [1.29, 1.82) is 0 Å². The van der Waals surface area contributed by atoms with Crippen LogP contribution < -0.4 is 5.32 Å². The quantitative estimate of drug-likeness (QED) is 0.828. The fourth-order valence-corrected chi connectivity index (χ4v) is 3.49. The van der Waals surface area contributed by atoms with Crippen LogP contribution in [-0.2, 0) is 6.42 Å². The van der Waals surface area contributed by atoms with Crippen molar-refractivity contribution in [1.82, 2.24) is 5.32 Å². The maximum atomic E-state index is 9.01. The van der Waals surface area contributed by atoms with E-state index in [4.69, 9.17) is 5.11 Å². The van der Waals surface area contributed by atoms with E-state index in [1.54, 1.807) is 4.88 Å². The molecule has 2 atom stereocenters. The molecule has 0 radical (unpaired) electrons. The summed E-state index contributed by atoms with van der Waals surface area (Å²) in [5.74, 6) is 0. The van der Waals surface area contributed by atoms with Gasteiger partial charge in [0.2, 0.25) is 0 Å². The second kappa shape index (κ2) is 5.80. The lowest BCUT2D eigenvalue weighted by atomic mass is 9.93. The van der Waals surface area contributed by atoms with Crippen LogP contribution in [0.4, 0.5) is 0 Å². The van der Waals surface area contributed by atoms with E-state index in [9.17, 15) is 0 Å². The van der Waals surface area contributed by atoms with Gasteiger partial charge in [-0.1, -0.05) is 6.92 Å². The Morgan fingerprint density at radius 3 is 3.25 bits per heavy atom. The predicted molar refractivity (Wildman–Crippen MR) is 68.9 cm³/mol. The van der Waals surface area contributed by atoms with Crippen molar-refractivity contribution in [3.05, 3.63) is 21.9 Å². The molecule has 0 aromatic carbocycles. The van der Waals surface area contributed by atoms with E-state index in [-0.39, 0.29) is 6.61 Å². The molecule has 2 nitrogen and oxygen atoms in total. The van der Waals surface area contributed by atoms with Gasteiger partial charge in [-0.25, -0.2) is 0 Å². The number of fused-ring (bicyclic) bond motifs is 1. The Kier molecular flexibility index (Phi) is 4.38. The van der Waals surface area contributed by atoms with Gasteiger partial charge < -0.3 is 10.4 Å². The van der Waals surface area contributed by atoms with E-state index >= 15 is 0 Å². The highest BCUT2D eigenvalue weighted by Crippen LogP contribution is 2.33. The molecule has 1 aliphatic carbocycles. The molecular weight excluding hydrogens is 218 g/mol. The number of aryl methyl sites for hydroxylation is 1. The standard InChI is InChI=1S/C13H21NOS/c1-2-10(6-8-15)14-12-4-3-5-13-11(12)7-9-16-13/h7,9-10,12,14-15H,2-6,8H2,1H3. The van der Waals surface area contributed by atoms with Crippen LogP contribution in [0.1, 0.15) is 49.1 Å². The van der Waals surface area contributed by atoms with Crippen molar-refractivity contribution < 1.29 is 5.11 Å². The Balaban J connectivity index is 2.01. The summed E-state index contributed by atoms with van der Waals surface area (Å²) >= 11 is 1.89. The lowest BCUT2D eigenvalue weighted by molar-refractivity contribution is 0.252.